The fourth-order valence-corrected chi connectivity index (χ4v) is 1.63. The largest absolute Gasteiger partial charge is 0.495 e. The molecule has 0 saturated carbocycles. The van der Waals surface area contributed by atoms with Crippen molar-refractivity contribution >= 4 is 28.7 Å². The van der Waals surface area contributed by atoms with Crippen molar-refractivity contribution in [1.29, 1.82) is 0 Å². The summed E-state index contributed by atoms with van der Waals surface area (Å²) in [6, 6.07) is 7.13. The van der Waals surface area contributed by atoms with Gasteiger partial charge in [0.2, 0.25) is 0 Å². The highest BCUT2D eigenvalue weighted by Gasteiger charge is 2.04. The van der Waals surface area contributed by atoms with Crippen LogP contribution in [0, 0.1) is 0 Å². The summed E-state index contributed by atoms with van der Waals surface area (Å²) in [4.78, 5) is 4.00. The van der Waals surface area contributed by atoms with Crippen molar-refractivity contribution in [3.05, 3.63) is 41.7 Å². The molecule has 0 bridgehead atoms. The van der Waals surface area contributed by atoms with E-state index < -0.39 is 0 Å². The molecule has 0 unspecified atom stereocenters. The Bertz CT molecular complexity index is 531. The molecule has 4 nitrogen and oxygen atoms in total. The van der Waals surface area contributed by atoms with Crippen LogP contribution in [0.5, 0.6) is 5.75 Å². The molecule has 0 fully saturated rings. The van der Waals surface area contributed by atoms with Gasteiger partial charge in [-0.05, 0) is 24.3 Å². The van der Waals surface area contributed by atoms with E-state index in [0.29, 0.717) is 16.5 Å². The average Bonchev–Trinajstić information content (AvgIpc) is 2.29. The number of aromatic nitrogens is 1. The molecular weight excluding hydrogens is 238 g/mol. The van der Waals surface area contributed by atoms with E-state index in [1.807, 2.05) is 0 Å². The topological polar surface area (TPSA) is 60.2 Å². The maximum Gasteiger partial charge on any atom is 0.142 e. The molecule has 1 aromatic carbocycles. The third-order valence-corrected chi connectivity index (χ3v) is 2.44. The van der Waals surface area contributed by atoms with Gasteiger partial charge in [-0.3, -0.25) is 4.98 Å². The second-order valence-corrected chi connectivity index (χ2v) is 3.91. The molecule has 0 radical (unpaired) electrons. The van der Waals surface area contributed by atoms with Crippen molar-refractivity contribution in [2.45, 2.75) is 0 Å². The van der Waals surface area contributed by atoms with Gasteiger partial charge in [0.25, 0.3) is 0 Å². The van der Waals surface area contributed by atoms with Gasteiger partial charge in [-0.15, -0.1) is 0 Å². The Hall–Kier alpha value is -1.94. The van der Waals surface area contributed by atoms with Gasteiger partial charge in [-0.1, -0.05) is 11.6 Å². The molecule has 2 rings (SSSR count). The number of nitrogens with two attached hydrogens (primary N) is 1. The maximum absolute atomic E-state index is 5.94. The summed E-state index contributed by atoms with van der Waals surface area (Å²) < 4.78 is 5.23. The van der Waals surface area contributed by atoms with Crippen LogP contribution in [-0.2, 0) is 0 Å². The van der Waals surface area contributed by atoms with Crippen molar-refractivity contribution in [3.63, 3.8) is 0 Å². The number of rotatable bonds is 3. The number of halogens is 1. The van der Waals surface area contributed by atoms with Crippen LogP contribution < -0.4 is 15.8 Å². The van der Waals surface area contributed by atoms with Crippen LogP contribution in [0.2, 0.25) is 5.02 Å². The van der Waals surface area contributed by atoms with Crippen molar-refractivity contribution in [2.24, 2.45) is 0 Å². The highest BCUT2D eigenvalue weighted by atomic mass is 35.5. The van der Waals surface area contributed by atoms with E-state index >= 15 is 0 Å². The fraction of sp³-hybridized carbons (Fsp3) is 0.0833. The first-order valence-electron chi connectivity index (χ1n) is 5.00. The first-order chi connectivity index (χ1) is 8.19. The number of nitrogens with one attached hydrogen (secondary N) is 1. The van der Waals surface area contributed by atoms with Gasteiger partial charge in [-0.25, -0.2) is 0 Å². The lowest BCUT2D eigenvalue weighted by molar-refractivity contribution is 0.417. The van der Waals surface area contributed by atoms with Gasteiger partial charge in [0.15, 0.2) is 0 Å². The molecule has 0 aliphatic rings. The van der Waals surface area contributed by atoms with Crippen LogP contribution >= 0.6 is 11.6 Å². The Labute approximate surface area is 104 Å². The third-order valence-electron chi connectivity index (χ3n) is 2.20. The van der Waals surface area contributed by atoms with Crippen LogP contribution in [0.1, 0.15) is 0 Å². The molecule has 1 heterocycles. The van der Waals surface area contributed by atoms with Gasteiger partial charge in [0.05, 0.1) is 30.4 Å². The summed E-state index contributed by atoms with van der Waals surface area (Å²) in [5.41, 5.74) is 7.80. The summed E-state index contributed by atoms with van der Waals surface area (Å²) in [6.07, 6.45) is 3.26. The highest BCUT2D eigenvalue weighted by Crippen LogP contribution is 2.30. The summed E-state index contributed by atoms with van der Waals surface area (Å²) in [5, 5.41) is 3.78. The van der Waals surface area contributed by atoms with Gasteiger partial charge in [-0.2, -0.15) is 0 Å². The van der Waals surface area contributed by atoms with Crippen LogP contribution in [0.4, 0.5) is 17.1 Å². The quantitative estimate of drug-likeness (QED) is 0.878. The van der Waals surface area contributed by atoms with Crippen molar-refractivity contribution in [2.75, 3.05) is 18.2 Å². The SMILES string of the molecule is COc1ccc(Cl)cc1Nc1cncc(N)c1. The predicted molar refractivity (Wildman–Crippen MR) is 69.9 cm³/mol. The molecule has 0 spiro atoms. The minimum absolute atomic E-state index is 0.594. The summed E-state index contributed by atoms with van der Waals surface area (Å²) in [5.74, 6) is 0.705. The Morgan fingerprint density at radius 2 is 2.12 bits per heavy atom. The molecule has 0 atom stereocenters. The average molecular weight is 250 g/mol. The predicted octanol–water partition coefficient (Wildman–Crippen LogP) is 3.07. The molecule has 0 aliphatic heterocycles. The van der Waals surface area contributed by atoms with E-state index in [9.17, 15) is 0 Å². The molecule has 17 heavy (non-hydrogen) atoms. The number of hydrogen-bond donors (Lipinski definition) is 2. The molecule has 2 aromatic rings. The molecule has 88 valence electrons. The third kappa shape index (κ3) is 2.79. The molecule has 3 N–H and O–H groups in total. The highest BCUT2D eigenvalue weighted by molar-refractivity contribution is 6.31. The molecule has 1 aromatic heterocycles. The number of nitrogens with zero attached hydrogens (tertiary/aromatic N) is 1. The standard InChI is InChI=1S/C12H12ClN3O/c1-17-12-3-2-8(13)4-11(12)16-10-5-9(14)6-15-7-10/h2-7,16H,14H2,1H3. The Morgan fingerprint density at radius 3 is 2.82 bits per heavy atom. The first-order valence-corrected chi connectivity index (χ1v) is 5.38. The van der Waals surface area contributed by atoms with E-state index in [2.05, 4.69) is 10.3 Å². The minimum Gasteiger partial charge on any atom is -0.495 e. The van der Waals surface area contributed by atoms with Crippen LogP contribution in [0.3, 0.4) is 0 Å². The van der Waals surface area contributed by atoms with Gasteiger partial charge >= 0.3 is 0 Å². The zero-order chi connectivity index (χ0) is 12.3. The number of nitrogen functional groups attached to an aromatic ring is 1. The Balaban J connectivity index is 2.32. The number of methoxy groups -OCH3 is 1. The van der Waals surface area contributed by atoms with Gasteiger partial charge in [0, 0.05) is 11.2 Å². The molecule has 0 amide bonds. The monoisotopic (exact) mass is 249 g/mol. The van der Waals surface area contributed by atoms with E-state index in [1.54, 1.807) is 43.8 Å². The minimum atomic E-state index is 0.594. The number of hydrogen-bond acceptors (Lipinski definition) is 4. The fourth-order valence-electron chi connectivity index (χ4n) is 1.46. The smallest absolute Gasteiger partial charge is 0.142 e. The van der Waals surface area contributed by atoms with Crippen LogP contribution in [0.25, 0.3) is 0 Å². The summed E-state index contributed by atoms with van der Waals surface area (Å²) >= 11 is 5.94. The summed E-state index contributed by atoms with van der Waals surface area (Å²) in [7, 11) is 1.60. The normalized spacial score (nSPS) is 10.0. The maximum atomic E-state index is 5.94. The van der Waals surface area contributed by atoms with E-state index in [0.717, 1.165) is 11.4 Å². The van der Waals surface area contributed by atoms with E-state index in [1.165, 1.54) is 0 Å². The molecule has 0 aliphatic carbocycles. The molecule has 0 saturated heterocycles. The Kier molecular flexibility index (Phi) is 3.35. The van der Waals surface area contributed by atoms with Crippen LogP contribution in [0.15, 0.2) is 36.7 Å². The first kappa shape index (κ1) is 11.5. The summed E-state index contributed by atoms with van der Waals surface area (Å²) in [6.45, 7) is 0. The van der Waals surface area contributed by atoms with Crippen molar-refractivity contribution in [1.82, 2.24) is 4.98 Å². The second kappa shape index (κ2) is 4.93. The number of benzene rings is 1. The lowest BCUT2D eigenvalue weighted by Gasteiger charge is -2.11. The van der Waals surface area contributed by atoms with Gasteiger partial charge in [0.1, 0.15) is 5.75 Å². The van der Waals surface area contributed by atoms with E-state index in [4.69, 9.17) is 22.1 Å². The molecule has 5 heteroatoms. The van der Waals surface area contributed by atoms with Crippen molar-refractivity contribution < 1.29 is 4.74 Å². The lowest BCUT2D eigenvalue weighted by atomic mass is 10.2. The number of anilines is 3. The zero-order valence-corrected chi connectivity index (χ0v) is 10.0. The zero-order valence-electron chi connectivity index (χ0n) is 9.27. The van der Waals surface area contributed by atoms with Crippen LogP contribution in [-0.4, -0.2) is 12.1 Å². The Morgan fingerprint density at radius 1 is 1.29 bits per heavy atom. The lowest BCUT2D eigenvalue weighted by Crippen LogP contribution is -1.96. The van der Waals surface area contributed by atoms with Crippen molar-refractivity contribution in [3.8, 4) is 5.75 Å². The van der Waals surface area contributed by atoms with E-state index in [-0.39, 0.29) is 0 Å². The molecular formula is C12H12ClN3O. The second-order valence-electron chi connectivity index (χ2n) is 3.48. The van der Waals surface area contributed by atoms with Gasteiger partial charge < -0.3 is 15.8 Å². The number of ether oxygens (including phenoxy) is 1. The number of pyridine rings is 1.